The second-order valence-corrected chi connectivity index (χ2v) is 6.28. The van der Waals surface area contributed by atoms with E-state index >= 15 is 0 Å². The number of benzene rings is 1. The summed E-state index contributed by atoms with van der Waals surface area (Å²) in [4.78, 5) is 11.1. The molecular formula is C14H13N3S2. The lowest BCUT2D eigenvalue weighted by molar-refractivity contribution is 1.22. The molecule has 0 bridgehead atoms. The maximum atomic E-state index is 4.34. The molecule has 0 saturated carbocycles. The average molecular weight is 287 g/mol. The summed E-state index contributed by atoms with van der Waals surface area (Å²) in [7, 11) is 0. The number of thioether (sulfide) groups is 1. The van der Waals surface area contributed by atoms with Gasteiger partial charge in [0.2, 0.25) is 0 Å². The molecule has 0 aliphatic rings. The third-order valence-corrected chi connectivity index (χ3v) is 4.58. The van der Waals surface area contributed by atoms with E-state index in [4.69, 9.17) is 0 Å². The Labute approximate surface area is 120 Å². The summed E-state index contributed by atoms with van der Waals surface area (Å²) in [5.41, 5.74) is 2.05. The molecule has 3 rings (SSSR count). The Balaban J connectivity index is 1.95. The van der Waals surface area contributed by atoms with Crippen molar-refractivity contribution >= 4 is 44.8 Å². The standard InChI is InChI=1S/C14H13N3S2/c1-9-7-12-13(19-9)14(16-8-15-12)17-10-3-5-11(18-2)6-4-10/h3-8H,1-2H3,(H,15,16,17). The van der Waals surface area contributed by atoms with Gasteiger partial charge in [-0.25, -0.2) is 9.97 Å². The summed E-state index contributed by atoms with van der Waals surface area (Å²) in [6.45, 7) is 2.09. The van der Waals surface area contributed by atoms with Crippen LogP contribution in [0.4, 0.5) is 11.5 Å². The highest BCUT2D eigenvalue weighted by Crippen LogP contribution is 2.30. The molecule has 2 aromatic heterocycles. The minimum atomic E-state index is 0.875. The molecule has 2 heterocycles. The number of rotatable bonds is 3. The van der Waals surface area contributed by atoms with Crippen molar-refractivity contribution < 1.29 is 0 Å². The summed E-state index contributed by atoms with van der Waals surface area (Å²) < 4.78 is 1.11. The topological polar surface area (TPSA) is 37.8 Å². The number of anilines is 2. The Kier molecular flexibility index (Phi) is 3.40. The van der Waals surface area contributed by atoms with E-state index in [9.17, 15) is 0 Å². The molecule has 0 aliphatic heterocycles. The first-order chi connectivity index (χ1) is 9.26. The Morgan fingerprint density at radius 1 is 1.16 bits per heavy atom. The quantitative estimate of drug-likeness (QED) is 0.721. The van der Waals surface area contributed by atoms with Crippen LogP contribution in [0, 0.1) is 6.92 Å². The summed E-state index contributed by atoms with van der Waals surface area (Å²) in [5.74, 6) is 0.875. The molecule has 0 radical (unpaired) electrons. The molecule has 19 heavy (non-hydrogen) atoms. The highest BCUT2D eigenvalue weighted by Gasteiger charge is 2.07. The van der Waals surface area contributed by atoms with Crippen LogP contribution in [0.2, 0.25) is 0 Å². The van der Waals surface area contributed by atoms with E-state index in [1.165, 1.54) is 9.77 Å². The fraction of sp³-hybridized carbons (Fsp3) is 0.143. The van der Waals surface area contributed by atoms with E-state index in [1.54, 1.807) is 29.4 Å². The van der Waals surface area contributed by atoms with Crippen LogP contribution in [0.3, 0.4) is 0 Å². The van der Waals surface area contributed by atoms with Crippen molar-refractivity contribution in [1.29, 1.82) is 0 Å². The van der Waals surface area contributed by atoms with Crippen molar-refractivity contribution in [3.05, 3.63) is 41.5 Å². The van der Waals surface area contributed by atoms with Crippen LogP contribution in [0.5, 0.6) is 0 Å². The van der Waals surface area contributed by atoms with Gasteiger partial charge < -0.3 is 5.32 Å². The van der Waals surface area contributed by atoms with Crippen LogP contribution < -0.4 is 5.32 Å². The lowest BCUT2D eigenvalue weighted by Crippen LogP contribution is -1.94. The number of thiophene rings is 1. The van der Waals surface area contributed by atoms with Crippen molar-refractivity contribution in [2.24, 2.45) is 0 Å². The van der Waals surface area contributed by atoms with Gasteiger partial charge in [0.15, 0.2) is 5.82 Å². The summed E-state index contributed by atoms with van der Waals surface area (Å²) in [6.07, 6.45) is 3.68. The van der Waals surface area contributed by atoms with Gasteiger partial charge in [-0.05, 0) is 43.5 Å². The zero-order valence-electron chi connectivity index (χ0n) is 10.7. The summed E-state index contributed by atoms with van der Waals surface area (Å²) in [5, 5.41) is 3.36. The molecule has 5 heteroatoms. The van der Waals surface area contributed by atoms with Gasteiger partial charge in [0.1, 0.15) is 6.33 Å². The number of fused-ring (bicyclic) bond motifs is 1. The van der Waals surface area contributed by atoms with E-state index in [-0.39, 0.29) is 0 Å². The summed E-state index contributed by atoms with van der Waals surface area (Å²) in [6, 6.07) is 10.4. The molecule has 0 amide bonds. The van der Waals surface area contributed by atoms with Gasteiger partial charge in [0.05, 0.1) is 10.2 Å². The Hall–Kier alpha value is -1.59. The maximum Gasteiger partial charge on any atom is 0.151 e. The molecule has 3 aromatic rings. The number of nitrogens with one attached hydrogen (secondary N) is 1. The smallest absolute Gasteiger partial charge is 0.151 e. The molecule has 1 aromatic carbocycles. The monoisotopic (exact) mass is 287 g/mol. The summed E-state index contributed by atoms with van der Waals surface area (Å²) >= 11 is 3.45. The fourth-order valence-corrected chi connectivity index (χ4v) is 3.19. The minimum Gasteiger partial charge on any atom is -0.339 e. The molecule has 1 N–H and O–H groups in total. The number of hydrogen-bond donors (Lipinski definition) is 1. The van der Waals surface area contributed by atoms with Gasteiger partial charge in [-0.15, -0.1) is 23.1 Å². The van der Waals surface area contributed by atoms with Crippen LogP contribution >= 0.6 is 23.1 Å². The zero-order chi connectivity index (χ0) is 13.2. The molecule has 0 unspecified atom stereocenters. The maximum absolute atomic E-state index is 4.34. The van der Waals surface area contributed by atoms with Crippen LogP contribution in [0.15, 0.2) is 41.6 Å². The lowest BCUT2D eigenvalue weighted by atomic mass is 10.3. The van der Waals surface area contributed by atoms with E-state index in [0.717, 1.165) is 21.7 Å². The van der Waals surface area contributed by atoms with E-state index in [0.29, 0.717) is 0 Å². The second-order valence-electron chi connectivity index (χ2n) is 4.15. The third-order valence-electron chi connectivity index (χ3n) is 2.79. The second kappa shape index (κ2) is 5.19. The van der Waals surface area contributed by atoms with Crippen LogP contribution in [0.1, 0.15) is 4.88 Å². The third kappa shape index (κ3) is 2.57. The number of nitrogens with zero attached hydrogens (tertiary/aromatic N) is 2. The number of hydrogen-bond acceptors (Lipinski definition) is 5. The predicted octanol–water partition coefficient (Wildman–Crippen LogP) is 4.47. The first-order valence-corrected chi connectivity index (χ1v) is 7.92. The number of aromatic nitrogens is 2. The van der Waals surface area contributed by atoms with Crippen LogP contribution in [0.25, 0.3) is 10.2 Å². The Morgan fingerprint density at radius 2 is 1.95 bits per heavy atom. The largest absolute Gasteiger partial charge is 0.339 e. The van der Waals surface area contributed by atoms with E-state index in [1.807, 2.05) is 0 Å². The normalized spacial score (nSPS) is 10.8. The van der Waals surface area contributed by atoms with E-state index in [2.05, 4.69) is 58.8 Å². The highest BCUT2D eigenvalue weighted by atomic mass is 32.2. The molecule has 3 nitrogen and oxygen atoms in total. The fourth-order valence-electron chi connectivity index (χ4n) is 1.87. The van der Waals surface area contributed by atoms with Crippen molar-refractivity contribution in [2.75, 3.05) is 11.6 Å². The molecule has 0 saturated heterocycles. The van der Waals surface area contributed by atoms with Gasteiger partial charge in [0.25, 0.3) is 0 Å². The van der Waals surface area contributed by atoms with Crippen LogP contribution in [-0.2, 0) is 0 Å². The number of aryl methyl sites for hydroxylation is 1. The molecule has 0 fully saturated rings. The zero-order valence-corrected chi connectivity index (χ0v) is 12.3. The highest BCUT2D eigenvalue weighted by molar-refractivity contribution is 7.98. The Bertz CT molecular complexity index is 704. The van der Waals surface area contributed by atoms with E-state index < -0.39 is 0 Å². The molecule has 0 spiro atoms. The van der Waals surface area contributed by atoms with Crippen molar-refractivity contribution in [3.8, 4) is 0 Å². The molecular weight excluding hydrogens is 274 g/mol. The molecule has 96 valence electrons. The molecule has 0 aliphatic carbocycles. The lowest BCUT2D eigenvalue weighted by Gasteiger charge is -2.06. The van der Waals surface area contributed by atoms with Crippen molar-refractivity contribution in [3.63, 3.8) is 0 Å². The predicted molar refractivity (Wildman–Crippen MR) is 83.7 cm³/mol. The van der Waals surface area contributed by atoms with Crippen molar-refractivity contribution in [2.45, 2.75) is 11.8 Å². The van der Waals surface area contributed by atoms with Gasteiger partial charge in [-0.1, -0.05) is 0 Å². The van der Waals surface area contributed by atoms with Gasteiger partial charge in [-0.3, -0.25) is 0 Å². The Morgan fingerprint density at radius 3 is 2.68 bits per heavy atom. The average Bonchev–Trinajstić information content (AvgIpc) is 2.81. The minimum absolute atomic E-state index is 0.875. The van der Waals surface area contributed by atoms with Crippen LogP contribution in [-0.4, -0.2) is 16.2 Å². The first kappa shape index (κ1) is 12.4. The molecule has 0 atom stereocenters. The first-order valence-electron chi connectivity index (χ1n) is 5.88. The van der Waals surface area contributed by atoms with Gasteiger partial charge >= 0.3 is 0 Å². The van der Waals surface area contributed by atoms with Gasteiger partial charge in [0, 0.05) is 15.5 Å². The van der Waals surface area contributed by atoms with Crippen molar-refractivity contribution in [1.82, 2.24) is 9.97 Å². The van der Waals surface area contributed by atoms with Gasteiger partial charge in [-0.2, -0.15) is 0 Å². The SMILES string of the molecule is CSc1ccc(Nc2ncnc3cc(C)sc23)cc1.